The smallest absolute Gasteiger partial charge is 0.296 e. The molecule has 0 bridgehead atoms. The summed E-state index contributed by atoms with van der Waals surface area (Å²) < 4.78 is 5.99. The topological polar surface area (TPSA) is 55.0 Å². The molecule has 1 aliphatic carbocycles. The maximum atomic E-state index is 11.9. The highest BCUT2D eigenvalue weighted by molar-refractivity contribution is 5.21. The summed E-state index contributed by atoms with van der Waals surface area (Å²) in [4.78, 5) is 19.1. The molecule has 0 saturated heterocycles. The van der Waals surface area contributed by atoms with Gasteiger partial charge in [0.25, 0.3) is 11.6 Å². The van der Waals surface area contributed by atoms with Crippen molar-refractivity contribution in [2.45, 2.75) is 45.6 Å². The van der Waals surface area contributed by atoms with Gasteiger partial charge in [-0.25, -0.2) is 4.98 Å². The molecule has 3 rings (SSSR count). The summed E-state index contributed by atoms with van der Waals surface area (Å²) in [5, 5.41) is 0. The Morgan fingerprint density at radius 2 is 1.83 bits per heavy atom. The number of ether oxygens (including phenoxy) is 1. The van der Waals surface area contributed by atoms with E-state index in [-0.39, 0.29) is 11.7 Å². The van der Waals surface area contributed by atoms with Crippen LogP contribution in [0.2, 0.25) is 0 Å². The monoisotopic (exact) mass is 312 g/mol. The Balaban J connectivity index is 1.74. The van der Waals surface area contributed by atoms with Crippen molar-refractivity contribution in [1.82, 2.24) is 9.97 Å². The zero-order valence-corrected chi connectivity index (χ0v) is 13.8. The lowest BCUT2D eigenvalue weighted by atomic mass is 9.82. The van der Waals surface area contributed by atoms with Crippen molar-refractivity contribution in [3.8, 4) is 6.01 Å². The molecule has 122 valence electrons. The summed E-state index contributed by atoms with van der Waals surface area (Å²) in [5.74, 6) is 1.31. The van der Waals surface area contributed by atoms with Crippen LogP contribution in [0.15, 0.2) is 41.2 Å². The number of hydrogen-bond acceptors (Lipinski definition) is 3. The first-order valence-corrected chi connectivity index (χ1v) is 8.39. The zero-order valence-electron chi connectivity index (χ0n) is 13.8. The molecule has 4 nitrogen and oxygen atoms in total. The van der Waals surface area contributed by atoms with E-state index in [1.54, 1.807) is 6.07 Å². The van der Waals surface area contributed by atoms with Gasteiger partial charge in [-0.3, -0.25) is 9.78 Å². The first-order chi connectivity index (χ1) is 11.1. The molecule has 1 heterocycles. The fraction of sp³-hybridized carbons (Fsp3) is 0.474. The normalized spacial score (nSPS) is 24.3. The maximum absolute atomic E-state index is 11.9. The van der Waals surface area contributed by atoms with E-state index in [0.717, 1.165) is 24.1 Å². The molecule has 2 atom stereocenters. The van der Waals surface area contributed by atoms with Crippen LogP contribution in [0.25, 0.3) is 0 Å². The Bertz CT molecular complexity index is 686. The minimum atomic E-state index is -0.155. The van der Waals surface area contributed by atoms with E-state index < -0.39 is 0 Å². The van der Waals surface area contributed by atoms with E-state index in [1.807, 2.05) is 30.3 Å². The minimum absolute atomic E-state index is 0.142. The second-order valence-electron chi connectivity index (χ2n) is 6.86. The van der Waals surface area contributed by atoms with Gasteiger partial charge < -0.3 is 4.74 Å². The fourth-order valence-corrected chi connectivity index (χ4v) is 3.56. The van der Waals surface area contributed by atoms with Gasteiger partial charge in [0.05, 0.1) is 5.69 Å². The largest absolute Gasteiger partial charge is 0.461 e. The summed E-state index contributed by atoms with van der Waals surface area (Å²) in [6.07, 6.45) is 4.08. The lowest BCUT2D eigenvalue weighted by molar-refractivity contribution is 0.0915. The zero-order chi connectivity index (χ0) is 16.2. The van der Waals surface area contributed by atoms with Gasteiger partial charge in [-0.05, 0) is 36.7 Å². The van der Waals surface area contributed by atoms with Gasteiger partial charge in [0, 0.05) is 12.5 Å². The molecule has 2 unspecified atom stereocenters. The van der Waals surface area contributed by atoms with Gasteiger partial charge in [-0.2, -0.15) is 0 Å². The van der Waals surface area contributed by atoms with Crippen molar-refractivity contribution in [1.29, 1.82) is 0 Å². The van der Waals surface area contributed by atoms with Crippen LogP contribution >= 0.6 is 0 Å². The summed E-state index contributed by atoms with van der Waals surface area (Å²) in [7, 11) is 0. The number of H-pyrrole nitrogens is 1. The van der Waals surface area contributed by atoms with Gasteiger partial charge in [-0.1, -0.05) is 44.2 Å². The lowest BCUT2D eigenvalue weighted by Crippen LogP contribution is -2.29. The van der Waals surface area contributed by atoms with Crippen LogP contribution in [-0.4, -0.2) is 16.1 Å². The molecule has 23 heavy (non-hydrogen) atoms. The number of benzene rings is 1. The maximum Gasteiger partial charge on any atom is 0.296 e. The Morgan fingerprint density at radius 1 is 1.13 bits per heavy atom. The number of nitrogens with zero attached hydrogens (tertiary/aromatic N) is 1. The second kappa shape index (κ2) is 6.99. The average molecular weight is 312 g/mol. The molecule has 0 amide bonds. The molecule has 1 fully saturated rings. The highest BCUT2D eigenvalue weighted by Crippen LogP contribution is 2.30. The van der Waals surface area contributed by atoms with Crippen LogP contribution in [0.5, 0.6) is 6.01 Å². The van der Waals surface area contributed by atoms with Gasteiger partial charge in [0.1, 0.15) is 6.10 Å². The first-order valence-electron chi connectivity index (χ1n) is 8.39. The number of rotatable bonds is 4. The van der Waals surface area contributed by atoms with Crippen LogP contribution in [0.3, 0.4) is 0 Å². The molecule has 2 aromatic rings. The Hall–Kier alpha value is -2.10. The number of aromatic nitrogens is 2. The van der Waals surface area contributed by atoms with Crippen molar-refractivity contribution >= 4 is 0 Å². The van der Waals surface area contributed by atoms with E-state index in [2.05, 4.69) is 23.8 Å². The summed E-state index contributed by atoms with van der Waals surface area (Å²) in [6.45, 7) is 4.52. The molecule has 1 aliphatic rings. The molecule has 1 saturated carbocycles. The number of hydrogen-bond donors (Lipinski definition) is 1. The number of nitrogens with one attached hydrogen (secondary N) is 1. The third-order valence-corrected chi connectivity index (χ3v) is 4.41. The van der Waals surface area contributed by atoms with Crippen molar-refractivity contribution in [3.05, 3.63) is 58.0 Å². The highest BCUT2D eigenvalue weighted by Gasteiger charge is 2.25. The van der Waals surface area contributed by atoms with Gasteiger partial charge in [-0.15, -0.1) is 0 Å². The number of aromatic amines is 1. The molecular weight excluding hydrogens is 288 g/mol. The molecule has 0 radical (unpaired) electrons. The van der Waals surface area contributed by atoms with Crippen molar-refractivity contribution in [2.24, 2.45) is 11.8 Å². The second-order valence-corrected chi connectivity index (χ2v) is 6.86. The van der Waals surface area contributed by atoms with Crippen LogP contribution in [0.1, 0.15) is 44.4 Å². The van der Waals surface area contributed by atoms with Crippen LogP contribution in [-0.2, 0) is 6.42 Å². The quantitative estimate of drug-likeness (QED) is 0.939. The summed E-state index contributed by atoms with van der Waals surface area (Å²) in [6, 6.07) is 11.9. The van der Waals surface area contributed by atoms with E-state index in [0.29, 0.717) is 24.3 Å². The van der Waals surface area contributed by atoms with Crippen LogP contribution in [0, 0.1) is 11.8 Å². The van der Waals surface area contributed by atoms with Crippen LogP contribution in [0.4, 0.5) is 0 Å². The molecule has 1 aromatic heterocycles. The molecule has 0 aliphatic heterocycles. The van der Waals surface area contributed by atoms with E-state index >= 15 is 0 Å². The Labute approximate surface area is 136 Å². The fourth-order valence-electron chi connectivity index (χ4n) is 3.56. The third-order valence-electron chi connectivity index (χ3n) is 4.41. The van der Waals surface area contributed by atoms with Crippen LogP contribution < -0.4 is 10.3 Å². The first kappa shape index (κ1) is 15.8. The Morgan fingerprint density at radius 3 is 2.52 bits per heavy atom. The standard InChI is InChI=1S/C19H24N2O2/c1-13-8-14(2)10-17(9-13)23-19-20-16(12-18(22)21-19)11-15-6-4-3-5-7-15/h3-7,12-14,17H,8-11H2,1-2H3,(H,20,21,22). The van der Waals surface area contributed by atoms with Crippen molar-refractivity contribution < 1.29 is 4.74 Å². The minimum Gasteiger partial charge on any atom is -0.461 e. The van der Waals surface area contributed by atoms with E-state index in [4.69, 9.17) is 4.74 Å². The SMILES string of the molecule is CC1CC(C)CC(Oc2nc(Cc3ccccc3)cc(=O)[nH]2)C1. The molecular formula is C19H24N2O2. The predicted octanol–water partition coefficient (Wildman–Crippen LogP) is 3.56. The summed E-state index contributed by atoms with van der Waals surface area (Å²) >= 11 is 0. The van der Waals surface area contributed by atoms with Crippen molar-refractivity contribution in [3.63, 3.8) is 0 Å². The highest BCUT2D eigenvalue weighted by atomic mass is 16.5. The third kappa shape index (κ3) is 4.44. The van der Waals surface area contributed by atoms with Crippen molar-refractivity contribution in [2.75, 3.05) is 0 Å². The van der Waals surface area contributed by atoms with Gasteiger partial charge in [0.2, 0.25) is 0 Å². The lowest BCUT2D eigenvalue weighted by Gasteiger charge is -2.31. The van der Waals surface area contributed by atoms with Gasteiger partial charge in [0.15, 0.2) is 0 Å². The molecule has 4 heteroatoms. The predicted molar refractivity (Wildman–Crippen MR) is 90.7 cm³/mol. The van der Waals surface area contributed by atoms with E-state index in [1.165, 1.54) is 6.42 Å². The van der Waals surface area contributed by atoms with E-state index in [9.17, 15) is 4.79 Å². The average Bonchev–Trinajstić information content (AvgIpc) is 2.46. The Kier molecular flexibility index (Phi) is 4.79. The molecule has 1 N–H and O–H groups in total. The molecule has 0 spiro atoms. The summed E-state index contributed by atoms with van der Waals surface area (Å²) in [5.41, 5.74) is 1.72. The van der Waals surface area contributed by atoms with Gasteiger partial charge >= 0.3 is 0 Å². The molecule has 1 aromatic carbocycles.